The van der Waals surface area contributed by atoms with E-state index in [4.69, 9.17) is 19.9 Å². The standard InChI is InChI=1S/C40H63N5O7/c1-6-7-8-9-29(10-13-33(47)14-11-30-12-15-35(48)36(22-30)50-5)20-32-21-34(45-39(41)43-4)38(49)37(23-32)52-40(26-42-3)18-16-31(24-40)17-19-51-27-44-25-28(2)46/h10,12-13,15,21-23,28-29,31,42,44,46,48-49H,6-9,11,14,16-20,24-27H2,1-5H3,(H3,41,43,45)/b13-10+/t28-,29+,31+,40+/m0/s1. The number of phenolic OH excluding ortho intramolecular Hbond substituents is 2. The number of ether oxygens (including phenoxy) is 3. The van der Waals surface area contributed by atoms with Gasteiger partial charge in [-0.15, -0.1) is 0 Å². The first-order valence-corrected chi connectivity index (χ1v) is 18.7. The number of guanidine groups is 1. The number of aliphatic imine (C=N–C) groups is 1. The summed E-state index contributed by atoms with van der Waals surface area (Å²) in [6.45, 7) is 6.02. The number of nitrogens with zero attached hydrogens (tertiary/aromatic N) is 1. The number of methoxy groups -OCH3 is 1. The van der Waals surface area contributed by atoms with Crippen LogP contribution < -0.4 is 31.2 Å². The van der Waals surface area contributed by atoms with Crippen LogP contribution in [0.4, 0.5) is 5.69 Å². The fraction of sp³-hybridized carbons (Fsp3) is 0.600. The summed E-state index contributed by atoms with van der Waals surface area (Å²) in [5, 5.41) is 40.2. The Kier molecular flexibility index (Phi) is 18.2. The number of aromatic hydroxyl groups is 2. The molecule has 2 aromatic carbocycles. The maximum atomic E-state index is 13.0. The summed E-state index contributed by atoms with van der Waals surface area (Å²) in [5.41, 5.74) is 7.82. The maximum absolute atomic E-state index is 13.0. The van der Waals surface area contributed by atoms with Crippen molar-refractivity contribution in [3.8, 4) is 23.0 Å². The van der Waals surface area contributed by atoms with Gasteiger partial charge in [-0.2, -0.15) is 0 Å². The topological polar surface area (TPSA) is 180 Å². The number of hydrogen-bond acceptors (Lipinski definition) is 10. The SMILES string of the molecule is CCCCC[C@H](/C=C/C(=O)CCc1ccc(O)c(OC)c1)Cc1cc(NC(N)=NC)c(O)c(O[C@]2(CNC)CC[C@H](CCOCNC[C@H](C)O)C2)c1. The number of carbonyl (C=O) groups is 1. The van der Waals surface area contributed by atoms with Crippen LogP contribution in [0, 0.1) is 11.8 Å². The van der Waals surface area contributed by atoms with Gasteiger partial charge in [-0.25, -0.2) is 0 Å². The smallest absolute Gasteiger partial charge is 0.192 e. The fourth-order valence-corrected chi connectivity index (χ4v) is 6.80. The van der Waals surface area contributed by atoms with Crippen molar-refractivity contribution in [3.63, 3.8) is 0 Å². The third-order valence-corrected chi connectivity index (χ3v) is 9.58. The second-order valence-corrected chi connectivity index (χ2v) is 14.1. The number of carbonyl (C=O) groups excluding carboxylic acids is 1. The van der Waals surface area contributed by atoms with E-state index in [0.717, 1.165) is 62.5 Å². The molecule has 1 aliphatic rings. The number of aliphatic hydroxyl groups is 1. The van der Waals surface area contributed by atoms with Crippen LogP contribution >= 0.6 is 0 Å². The average molecular weight is 726 g/mol. The highest BCUT2D eigenvalue weighted by Gasteiger charge is 2.41. The summed E-state index contributed by atoms with van der Waals surface area (Å²) >= 11 is 0. The number of ketones is 1. The zero-order valence-corrected chi connectivity index (χ0v) is 31.9. The molecular weight excluding hydrogens is 662 g/mol. The molecule has 0 bridgehead atoms. The number of unbranched alkanes of at least 4 members (excludes halogenated alkanes) is 2. The lowest BCUT2D eigenvalue weighted by Gasteiger charge is -2.32. The van der Waals surface area contributed by atoms with E-state index in [1.54, 1.807) is 38.2 Å². The molecule has 3 rings (SSSR count). The van der Waals surface area contributed by atoms with Gasteiger partial charge in [0.1, 0.15) is 5.60 Å². The van der Waals surface area contributed by atoms with Crippen LogP contribution in [0.25, 0.3) is 0 Å². The van der Waals surface area contributed by atoms with Crippen LogP contribution in [0.15, 0.2) is 47.5 Å². The number of rotatable bonds is 24. The van der Waals surface area contributed by atoms with Crippen molar-refractivity contribution in [2.24, 2.45) is 22.6 Å². The molecule has 0 unspecified atom stereocenters. The molecule has 12 heteroatoms. The average Bonchev–Trinajstić information content (AvgIpc) is 3.52. The predicted octanol–water partition coefficient (Wildman–Crippen LogP) is 5.43. The first kappa shape index (κ1) is 42.6. The molecular formula is C40H63N5O7. The van der Waals surface area contributed by atoms with Crippen LogP contribution in [-0.2, 0) is 22.4 Å². The summed E-state index contributed by atoms with van der Waals surface area (Å²) in [6.07, 6.45) is 12.4. The Morgan fingerprint density at radius 1 is 1.17 bits per heavy atom. The number of aryl methyl sites for hydroxylation is 1. The minimum atomic E-state index is -0.518. The molecule has 0 amide bonds. The van der Waals surface area contributed by atoms with Crippen molar-refractivity contribution in [3.05, 3.63) is 53.6 Å². The summed E-state index contributed by atoms with van der Waals surface area (Å²) in [4.78, 5) is 17.0. The van der Waals surface area contributed by atoms with Gasteiger partial charge >= 0.3 is 0 Å². The summed E-state index contributed by atoms with van der Waals surface area (Å²) in [5.74, 6) is 1.51. The van der Waals surface area contributed by atoms with Gasteiger partial charge in [0.05, 0.1) is 25.6 Å². The van der Waals surface area contributed by atoms with Crippen LogP contribution in [0.3, 0.4) is 0 Å². The number of aliphatic hydroxyl groups excluding tert-OH is 1. The van der Waals surface area contributed by atoms with E-state index in [9.17, 15) is 20.1 Å². The molecule has 8 N–H and O–H groups in total. The largest absolute Gasteiger partial charge is 0.504 e. The highest BCUT2D eigenvalue weighted by atomic mass is 16.5. The molecule has 0 heterocycles. The molecule has 1 saturated carbocycles. The second-order valence-electron chi connectivity index (χ2n) is 14.1. The number of phenols is 2. The van der Waals surface area contributed by atoms with Gasteiger partial charge < -0.3 is 45.9 Å². The molecule has 12 nitrogen and oxygen atoms in total. The molecule has 1 aliphatic carbocycles. The van der Waals surface area contributed by atoms with Gasteiger partial charge in [0, 0.05) is 33.2 Å². The predicted molar refractivity (Wildman–Crippen MR) is 207 cm³/mol. The third-order valence-electron chi connectivity index (χ3n) is 9.58. The lowest BCUT2D eigenvalue weighted by molar-refractivity contribution is -0.114. The van der Waals surface area contributed by atoms with Gasteiger partial charge in [-0.3, -0.25) is 15.1 Å². The van der Waals surface area contributed by atoms with Crippen molar-refractivity contribution < 1.29 is 34.3 Å². The summed E-state index contributed by atoms with van der Waals surface area (Å²) in [6, 6.07) is 8.94. The normalized spacial score (nSPS) is 18.8. The molecule has 1 fully saturated rings. The zero-order chi connectivity index (χ0) is 37.9. The Balaban J connectivity index is 1.78. The molecule has 0 aromatic heterocycles. The number of nitrogens with two attached hydrogens (primary N) is 1. The molecule has 0 spiro atoms. The van der Waals surface area contributed by atoms with Crippen LogP contribution in [0.1, 0.15) is 82.8 Å². The first-order valence-electron chi connectivity index (χ1n) is 18.7. The molecule has 290 valence electrons. The molecule has 4 atom stereocenters. The van der Waals surface area contributed by atoms with Crippen molar-refractivity contribution in [2.45, 2.75) is 96.2 Å². The minimum Gasteiger partial charge on any atom is -0.504 e. The van der Waals surface area contributed by atoms with Gasteiger partial charge in [0.15, 0.2) is 34.7 Å². The number of benzene rings is 2. The number of allylic oxidation sites excluding steroid dienone is 2. The second kappa shape index (κ2) is 22.3. The monoisotopic (exact) mass is 725 g/mol. The Bertz CT molecular complexity index is 1450. The number of nitrogens with one attached hydrogen (secondary N) is 3. The van der Waals surface area contributed by atoms with Gasteiger partial charge in [-0.05, 0) is 112 Å². The molecule has 0 saturated heterocycles. The van der Waals surface area contributed by atoms with Crippen molar-refractivity contribution in [1.82, 2.24) is 10.6 Å². The van der Waals surface area contributed by atoms with E-state index in [1.807, 2.05) is 25.3 Å². The van der Waals surface area contributed by atoms with Gasteiger partial charge in [-0.1, -0.05) is 38.3 Å². The van der Waals surface area contributed by atoms with Crippen LogP contribution in [-0.4, -0.2) is 86.4 Å². The van der Waals surface area contributed by atoms with Crippen molar-refractivity contribution >= 4 is 17.4 Å². The number of hydrogen-bond donors (Lipinski definition) is 7. The Morgan fingerprint density at radius 2 is 1.96 bits per heavy atom. The molecule has 2 aromatic rings. The van der Waals surface area contributed by atoms with E-state index in [1.165, 1.54) is 7.11 Å². The lowest BCUT2D eigenvalue weighted by Crippen LogP contribution is -2.42. The van der Waals surface area contributed by atoms with Gasteiger partial charge in [0.2, 0.25) is 0 Å². The summed E-state index contributed by atoms with van der Waals surface area (Å²) < 4.78 is 17.8. The third kappa shape index (κ3) is 14.3. The quantitative estimate of drug-likeness (QED) is 0.0183. The first-order chi connectivity index (χ1) is 25.0. The molecule has 0 radical (unpaired) electrons. The number of likely N-dealkylation sites (N-methyl/N-ethyl adjacent to an activating group) is 1. The highest BCUT2D eigenvalue weighted by molar-refractivity contribution is 5.94. The maximum Gasteiger partial charge on any atom is 0.192 e. The van der Waals surface area contributed by atoms with E-state index in [2.05, 4.69) is 27.9 Å². The van der Waals surface area contributed by atoms with E-state index >= 15 is 0 Å². The molecule has 52 heavy (non-hydrogen) atoms. The highest BCUT2D eigenvalue weighted by Crippen LogP contribution is 2.44. The van der Waals surface area contributed by atoms with E-state index < -0.39 is 11.7 Å². The Hall–Kier alpha value is -3.84. The fourth-order valence-electron chi connectivity index (χ4n) is 6.80. The van der Waals surface area contributed by atoms with Gasteiger partial charge in [0.25, 0.3) is 0 Å². The lowest BCUT2D eigenvalue weighted by atomic mass is 9.92. The van der Waals surface area contributed by atoms with Crippen molar-refractivity contribution in [2.75, 3.05) is 52.9 Å². The minimum absolute atomic E-state index is 0.0269. The molecule has 0 aliphatic heterocycles. The Morgan fingerprint density at radius 3 is 2.67 bits per heavy atom. The summed E-state index contributed by atoms with van der Waals surface area (Å²) in [7, 11) is 5.00. The number of anilines is 1. The Labute approximate surface area is 310 Å². The van der Waals surface area contributed by atoms with Crippen molar-refractivity contribution in [1.29, 1.82) is 0 Å². The van der Waals surface area contributed by atoms with Crippen LogP contribution in [0.5, 0.6) is 23.0 Å². The van der Waals surface area contributed by atoms with E-state index in [0.29, 0.717) is 68.8 Å². The zero-order valence-electron chi connectivity index (χ0n) is 31.9. The van der Waals surface area contributed by atoms with E-state index in [-0.39, 0.29) is 29.2 Å². The van der Waals surface area contributed by atoms with Crippen LogP contribution in [0.2, 0.25) is 0 Å².